The van der Waals surface area contributed by atoms with E-state index in [4.69, 9.17) is 10.2 Å². The van der Waals surface area contributed by atoms with Crippen molar-refractivity contribution in [2.75, 3.05) is 0 Å². The van der Waals surface area contributed by atoms with Crippen molar-refractivity contribution in [3.05, 3.63) is 51.6 Å². The van der Waals surface area contributed by atoms with Crippen molar-refractivity contribution >= 4 is 28.6 Å². The summed E-state index contributed by atoms with van der Waals surface area (Å²) in [7, 11) is 1.85. The molecule has 0 aliphatic carbocycles. The van der Waals surface area contributed by atoms with Crippen LogP contribution in [0.1, 0.15) is 30.3 Å². The van der Waals surface area contributed by atoms with Crippen LogP contribution in [0.15, 0.2) is 38.6 Å². The summed E-state index contributed by atoms with van der Waals surface area (Å²) in [6, 6.07) is 7.46. The maximum Gasteiger partial charge on any atom is 0.336 e. The average Bonchev–Trinajstić information content (AvgIpc) is 2.97. The van der Waals surface area contributed by atoms with Crippen molar-refractivity contribution in [2.45, 2.75) is 37.1 Å². The molecule has 2 aromatic heterocycles. The minimum atomic E-state index is -0.365. The van der Waals surface area contributed by atoms with Gasteiger partial charge in [-0.3, -0.25) is 4.79 Å². The van der Waals surface area contributed by atoms with Gasteiger partial charge in [0.25, 0.3) is 0 Å². The molecule has 0 unspecified atom stereocenters. The summed E-state index contributed by atoms with van der Waals surface area (Å²) in [5, 5.41) is 9.91. The van der Waals surface area contributed by atoms with E-state index < -0.39 is 0 Å². The SMILES string of the molecule is CCc1ccc2c(CSc3nnc(CCC(N)=O)n3C)cc(=O)oc2c1. The van der Waals surface area contributed by atoms with Crippen LogP contribution >= 0.6 is 11.8 Å². The summed E-state index contributed by atoms with van der Waals surface area (Å²) in [6.45, 7) is 2.06. The second kappa shape index (κ2) is 7.74. The monoisotopic (exact) mass is 372 g/mol. The van der Waals surface area contributed by atoms with Crippen LogP contribution in [0.3, 0.4) is 0 Å². The smallest absolute Gasteiger partial charge is 0.336 e. The van der Waals surface area contributed by atoms with Gasteiger partial charge in [0.15, 0.2) is 5.16 Å². The number of amides is 1. The van der Waals surface area contributed by atoms with E-state index in [1.165, 1.54) is 17.8 Å². The Hall–Kier alpha value is -2.61. The fraction of sp³-hybridized carbons (Fsp3) is 0.333. The van der Waals surface area contributed by atoms with Gasteiger partial charge in [0.05, 0.1) is 0 Å². The molecule has 0 fully saturated rings. The molecule has 3 rings (SSSR count). The minimum Gasteiger partial charge on any atom is -0.423 e. The van der Waals surface area contributed by atoms with E-state index in [9.17, 15) is 9.59 Å². The fourth-order valence-corrected chi connectivity index (χ4v) is 3.60. The Kier molecular flexibility index (Phi) is 5.41. The van der Waals surface area contributed by atoms with E-state index >= 15 is 0 Å². The van der Waals surface area contributed by atoms with Gasteiger partial charge in [0.1, 0.15) is 11.4 Å². The van der Waals surface area contributed by atoms with Crippen LogP contribution in [-0.2, 0) is 30.4 Å². The third kappa shape index (κ3) is 3.96. The van der Waals surface area contributed by atoms with E-state index in [2.05, 4.69) is 17.1 Å². The molecule has 1 aromatic carbocycles. The first-order valence-corrected chi connectivity index (χ1v) is 9.31. The van der Waals surface area contributed by atoms with Gasteiger partial charge in [-0.25, -0.2) is 4.79 Å². The number of primary amides is 1. The molecule has 0 bridgehead atoms. The third-order valence-corrected chi connectivity index (χ3v) is 5.25. The highest BCUT2D eigenvalue weighted by molar-refractivity contribution is 7.98. The van der Waals surface area contributed by atoms with E-state index in [-0.39, 0.29) is 18.0 Å². The van der Waals surface area contributed by atoms with Gasteiger partial charge in [0.2, 0.25) is 5.91 Å². The van der Waals surface area contributed by atoms with Crippen LogP contribution < -0.4 is 11.4 Å². The Bertz CT molecular complexity index is 1010. The molecule has 7 nitrogen and oxygen atoms in total. The van der Waals surface area contributed by atoms with Crippen LogP contribution in [-0.4, -0.2) is 20.7 Å². The van der Waals surface area contributed by atoms with Crippen LogP contribution in [0.2, 0.25) is 0 Å². The predicted octanol–water partition coefficient (Wildman–Crippen LogP) is 2.19. The highest BCUT2D eigenvalue weighted by Gasteiger charge is 2.12. The molecule has 0 radical (unpaired) electrons. The zero-order valence-electron chi connectivity index (χ0n) is 14.7. The highest BCUT2D eigenvalue weighted by atomic mass is 32.2. The molecule has 0 saturated heterocycles. The molecule has 2 N–H and O–H groups in total. The number of hydrogen-bond acceptors (Lipinski definition) is 6. The van der Waals surface area contributed by atoms with Crippen molar-refractivity contribution < 1.29 is 9.21 Å². The molecule has 0 atom stereocenters. The Morgan fingerprint density at radius 1 is 1.31 bits per heavy atom. The number of aryl methyl sites for hydroxylation is 2. The zero-order valence-corrected chi connectivity index (χ0v) is 15.5. The lowest BCUT2D eigenvalue weighted by molar-refractivity contribution is -0.118. The topological polar surface area (TPSA) is 104 Å². The Balaban J connectivity index is 1.82. The Morgan fingerprint density at radius 2 is 2.12 bits per heavy atom. The number of thioether (sulfide) groups is 1. The number of nitrogens with zero attached hydrogens (tertiary/aromatic N) is 3. The molecule has 136 valence electrons. The number of carbonyl (C=O) groups is 1. The van der Waals surface area contributed by atoms with Crippen LogP contribution in [0.4, 0.5) is 0 Å². The quantitative estimate of drug-likeness (QED) is 0.504. The van der Waals surface area contributed by atoms with E-state index in [1.807, 2.05) is 29.8 Å². The summed E-state index contributed by atoms with van der Waals surface area (Å²) in [6.07, 6.45) is 1.57. The van der Waals surface area contributed by atoms with Crippen LogP contribution in [0.5, 0.6) is 0 Å². The second-order valence-electron chi connectivity index (χ2n) is 5.99. The summed E-state index contributed by atoms with van der Waals surface area (Å²) in [5.74, 6) is 0.905. The largest absolute Gasteiger partial charge is 0.423 e. The number of hydrogen-bond donors (Lipinski definition) is 1. The standard InChI is InChI=1S/C18H20N4O3S/c1-3-11-4-5-13-12(9-17(24)25-14(13)8-11)10-26-18-21-20-16(22(18)2)7-6-15(19)23/h4-5,8-9H,3,6-7,10H2,1-2H3,(H2,19,23). The normalized spacial score (nSPS) is 11.2. The fourth-order valence-electron chi connectivity index (χ4n) is 2.68. The highest BCUT2D eigenvalue weighted by Crippen LogP contribution is 2.26. The molecule has 26 heavy (non-hydrogen) atoms. The molecule has 0 aliphatic heterocycles. The van der Waals surface area contributed by atoms with Crippen molar-refractivity contribution in [3.63, 3.8) is 0 Å². The Labute approximate surface area is 154 Å². The van der Waals surface area contributed by atoms with Gasteiger partial charge in [-0.15, -0.1) is 10.2 Å². The summed E-state index contributed by atoms with van der Waals surface area (Å²) >= 11 is 1.48. The predicted molar refractivity (Wildman–Crippen MR) is 99.9 cm³/mol. The lowest BCUT2D eigenvalue weighted by Crippen LogP contribution is -2.12. The number of rotatable bonds is 7. The van der Waals surface area contributed by atoms with Crippen molar-refractivity contribution in [3.8, 4) is 0 Å². The molecule has 0 aliphatic rings. The van der Waals surface area contributed by atoms with E-state index in [0.29, 0.717) is 23.6 Å². The molecule has 2 heterocycles. The first-order chi connectivity index (χ1) is 12.5. The van der Waals surface area contributed by atoms with Gasteiger partial charge in [0, 0.05) is 37.1 Å². The average molecular weight is 372 g/mol. The van der Waals surface area contributed by atoms with Crippen LogP contribution in [0, 0.1) is 0 Å². The number of carbonyl (C=O) groups excluding carboxylic acids is 1. The molecule has 0 spiro atoms. The van der Waals surface area contributed by atoms with Gasteiger partial charge < -0.3 is 14.7 Å². The van der Waals surface area contributed by atoms with Crippen molar-refractivity contribution in [1.82, 2.24) is 14.8 Å². The van der Waals surface area contributed by atoms with Crippen LogP contribution in [0.25, 0.3) is 11.0 Å². The summed E-state index contributed by atoms with van der Waals surface area (Å²) in [4.78, 5) is 22.8. The lowest BCUT2D eigenvalue weighted by atomic mass is 10.1. The maximum absolute atomic E-state index is 11.9. The van der Waals surface area contributed by atoms with Crippen molar-refractivity contribution in [2.24, 2.45) is 12.8 Å². The molecule has 3 aromatic rings. The molecule has 8 heteroatoms. The summed E-state index contributed by atoms with van der Waals surface area (Å²) in [5.41, 5.74) is 7.44. The van der Waals surface area contributed by atoms with Gasteiger partial charge in [-0.05, 0) is 23.6 Å². The second-order valence-corrected chi connectivity index (χ2v) is 6.93. The number of aromatic nitrogens is 3. The molecular weight excluding hydrogens is 352 g/mol. The van der Waals surface area contributed by atoms with Crippen molar-refractivity contribution in [1.29, 1.82) is 0 Å². The first kappa shape index (κ1) is 18.2. The molecule has 1 amide bonds. The lowest BCUT2D eigenvalue weighted by Gasteiger charge is -2.07. The number of fused-ring (bicyclic) bond motifs is 1. The van der Waals surface area contributed by atoms with E-state index in [0.717, 1.165) is 28.1 Å². The Morgan fingerprint density at radius 3 is 2.85 bits per heavy atom. The molecule has 0 saturated carbocycles. The third-order valence-electron chi connectivity index (χ3n) is 4.18. The van der Waals surface area contributed by atoms with E-state index in [1.54, 1.807) is 0 Å². The first-order valence-electron chi connectivity index (χ1n) is 8.33. The van der Waals surface area contributed by atoms with Gasteiger partial charge >= 0.3 is 5.63 Å². The van der Waals surface area contributed by atoms with Gasteiger partial charge in [-0.1, -0.05) is 30.8 Å². The molecular formula is C18H20N4O3S. The number of benzene rings is 1. The zero-order chi connectivity index (χ0) is 18.7. The summed E-state index contributed by atoms with van der Waals surface area (Å²) < 4.78 is 7.18. The maximum atomic E-state index is 11.9. The minimum absolute atomic E-state index is 0.237. The number of nitrogens with two attached hydrogens (primary N) is 1. The van der Waals surface area contributed by atoms with Gasteiger partial charge in [-0.2, -0.15) is 0 Å².